The molecule has 0 amide bonds. The Morgan fingerprint density at radius 3 is 3.19 bits per heavy atom. The summed E-state index contributed by atoms with van der Waals surface area (Å²) in [4.78, 5) is 6.86. The van der Waals surface area contributed by atoms with Crippen LogP contribution in [-0.2, 0) is 17.9 Å². The van der Waals surface area contributed by atoms with Gasteiger partial charge in [-0.1, -0.05) is 11.6 Å². The molecule has 2 aromatic rings. The van der Waals surface area contributed by atoms with Crippen LogP contribution in [-0.4, -0.2) is 24.7 Å². The van der Waals surface area contributed by atoms with Gasteiger partial charge in [-0.3, -0.25) is 0 Å². The Morgan fingerprint density at radius 2 is 2.38 bits per heavy atom. The summed E-state index contributed by atoms with van der Waals surface area (Å²) in [5.74, 6) is 0.880. The summed E-state index contributed by atoms with van der Waals surface area (Å²) in [5.41, 5.74) is 2.08. The van der Waals surface area contributed by atoms with Crippen molar-refractivity contribution in [2.45, 2.75) is 26.2 Å². The molecule has 0 N–H and O–H groups in total. The lowest BCUT2D eigenvalue weighted by molar-refractivity contribution is 0.184. The minimum absolute atomic E-state index is 0.149. The average molecular weight is 325 g/mol. The Labute approximate surface area is 133 Å². The maximum Gasteiger partial charge on any atom is 0.143 e. The molecule has 21 heavy (non-hydrogen) atoms. The monoisotopic (exact) mass is 324 g/mol. The van der Waals surface area contributed by atoms with E-state index in [1.165, 1.54) is 0 Å². The first-order valence-corrected chi connectivity index (χ1v) is 8.05. The first kappa shape index (κ1) is 14.6. The summed E-state index contributed by atoms with van der Waals surface area (Å²) in [6.07, 6.45) is 0.149. The highest BCUT2D eigenvalue weighted by atomic mass is 35.5. The van der Waals surface area contributed by atoms with Crippen molar-refractivity contribution >= 4 is 28.6 Å². The van der Waals surface area contributed by atoms with E-state index in [9.17, 15) is 0 Å². The minimum atomic E-state index is 0.149. The first-order chi connectivity index (χ1) is 10.2. The van der Waals surface area contributed by atoms with E-state index in [4.69, 9.17) is 21.1 Å². The van der Waals surface area contributed by atoms with Crippen molar-refractivity contribution in [2.75, 3.05) is 18.6 Å². The van der Waals surface area contributed by atoms with E-state index in [0.717, 1.165) is 40.3 Å². The third-order valence-corrected chi connectivity index (χ3v) is 4.39. The second-order valence-electron chi connectivity index (χ2n) is 5.09. The van der Waals surface area contributed by atoms with Crippen molar-refractivity contribution in [1.82, 2.24) is 4.98 Å². The lowest BCUT2D eigenvalue weighted by Gasteiger charge is -2.34. The number of hydrogen-bond acceptors (Lipinski definition) is 5. The number of halogens is 1. The highest BCUT2D eigenvalue weighted by Crippen LogP contribution is 2.36. The molecule has 3 rings (SSSR count). The van der Waals surface area contributed by atoms with Gasteiger partial charge >= 0.3 is 0 Å². The summed E-state index contributed by atoms with van der Waals surface area (Å²) in [7, 11) is 1.68. The number of fused-ring (bicyclic) bond motifs is 1. The molecule has 2 heterocycles. The van der Waals surface area contributed by atoms with Gasteiger partial charge in [0.2, 0.25) is 0 Å². The Kier molecular flexibility index (Phi) is 4.33. The van der Waals surface area contributed by atoms with Crippen molar-refractivity contribution in [3.63, 3.8) is 0 Å². The molecule has 0 spiro atoms. The van der Waals surface area contributed by atoms with Crippen LogP contribution in [0.4, 0.5) is 5.69 Å². The van der Waals surface area contributed by atoms with Crippen molar-refractivity contribution in [1.29, 1.82) is 0 Å². The molecule has 1 aliphatic heterocycles. The van der Waals surface area contributed by atoms with Crippen LogP contribution in [0, 0.1) is 0 Å². The average Bonchev–Trinajstić information content (AvgIpc) is 2.87. The molecule has 1 aromatic heterocycles. The predicted molar refractivity (Wildman–Crippen MR) is 85.4 cm³/mol. The third kappa shape index (κ3) is 3.31. The highest BCUT2D eigenvalue weighted by Gasteiger charge is 2.23. The van der Waals surface area contributed by atoms with Crippen molar-refractivity contribution in [3.8, 4) is 5.75 Å². The van der Waals surface area contributed by atoms with Gasteiger partial charge < -0.3 is 14.4 Å². The van der Waals surface area contributed by atoms with Crippen molar-refractivity contribution in [2.24, 2.45) is 0 Å². The number of methoxy groups -OCH3 is 1. The van der Waals surface area contributed by atoms with Crippen LogP contribution in [0.5, 0.6) is 5.75 Å². The molecular weight excluding hydrogens is 308 g/mol. The SMILES string of the molecule is COCc1nc(CN2C[C@@H](C)Oc3ccc(Cl)cc32)cs1. The number of hydrogen-bond donors (Lipinski definition) is 0. The van der Waals surface area contributed by atoms with Gasteiger partial charge in [0.05, 0.1) is 31.1 Å². The molecule has 0 bridgehead atoms. The maximum absolute atomic E-state index is 6.11. The van der Waals surface area contributed by atoms with E-state index in [1.807, 2.05) is 18.2 Å². The first-order valence-electron chi connectivity index (χ1n) is 6.79. The molecule has 0 radical (unpaired) electrons. The van der Waals surface area contributed by atoms with Crippen LogP contribution >= 0.6 is 22.9 Å². The fraction of sp³-hybridized carbons (Fsp3) is 0.400. The van der Waals surface area contributed by atoms with Gasteiger partial charge in [-0.2, -0.15) is 0 Å². The molecule has 0 fully saturated rings. The summed E-state index contributed by atoms with van der Waals surface area (Å²) in [6, 6.07) is 5.74. The molecule has 6 heteroatoms. The van der Waals surface area contributed by atoms with Crippen LogP contribution in [0.15, 0.2) is 23.6 Å². The number of nitrogens with zero attached hydrogens (tertiary/aromatic N) is 2. The quantitative estimate of drug-likeness (QED) is 0.858. The standard InChI is InChI=1S/C15H17ClN2O2S/c1-10-6-18(7-12-9-21-15(17-12)8-19-2)13-5-11(16)3-4-14(13)20-10/h3-5,9-10H,6-8H2,1-2H3/t10-/m1/s1. The Bertz CT molecular complexity index is 632. The third-order valence-electron chi connectivity index (χ3n) is 3.29. The molecule has 1 aromatic carbocycles. The summed E-state index contributed by atoms with van der Waals surface area (Å²) in [6.45, 7) is 4.21. The topological polar surface area (TPSA) is 34.6 Å². The van der Waals surface area contributed by atoms with Crippen LogP contribution in [0.3, 0.4) is 0 Å². The number of rotatable bonds is 4. The zero-order chi connectivity index (χ0) is 14.8. The molecule has 1 aliphatic rings. The summed E-state index contributed by atoms with van der Waals surface area (Å²) in [5, 5.41) is 3.80. The molecule has 0 saturated carbocycles. The van der Waals surface area contributed by atoms with Gasteiger partial charge in [-0.15, -0.1) is 11.3 Å². The number of anilines is 1. The van der Waals surface area contributed by atoms with E-state index in [-0.39, 0.29) is 6.10 Å². The van der Waals surface area contributed by atoms with Gasteiger partial charge in [0.15, 0.2) is 0 Å². The smallest absolute Gasteiger partial charge is 0.143 e. The van der Waals surface area contributed by atoms with E-state index in [2.05, 4.69) is 22.2 Å². The maximum atomic E-state index is 6.11. The van der Waals surface area contributed by atoms with Gasteiger partial charge in [0.25, 0.3) is 0 Å². The van der Waals surface area contributed by atoms with E-state index in [1.54, 1.807) is 18.4 Å². The molecule has 0 saturated heterocycles. The van der Waals surface area contributed by atoms with Crippen molar-refractivity contribution < 1.29 is 9.47 Å². The Balaban J connectivity index is 1.83. The highest BCUT2D eigenvalue weighted by molar-refractivity contribution is 7.09. The largest absolute Gasteiger partial charge is 0.487 e. The molecule has 1 atom stereocenters. The fourth-order valence-corrected chi connectivity index (χ4v) is 3.38. The molecule has 0 unspecified atom stereocenters. The Hall–Kier alpha value is -1.30. The normalized spacial score (nSPS) is 17.5. The lowest BCUT2D eigenvalue weighted by Crippen LogP contribution is -2.38. The van der Waals surface area contributed by atoms with Crippen LogP contribution in [0.25, 0.3) is 0 Å². The van der Waals surface area contributed by atoms with Crippen LogP contribution < -0.4 is 9.64 Å². The van der Waals surface area contributed by atoms with E-state index in [0.29, 0.717) is 6.61 Å². The van der Waals surface area contributed by atoms with Gasteiger partial charge in [-0.25, -0.2) is 4.98 Å². The van der Waals surface area contributed by atoms with Crippen LogP contribution in [0.2, 0.25) is 5.02 Å². The van der Waals surface area contributed by atoms with Gasteiger partial charge in [0.1, 0.15) is 16.9 Å². The van der Waals surface area contributed by atoms with Crippen molar-refractivity contribution in [3.05, 3.63) is 39.3 Å². The molecule has 0 aliphatic carbocycles. The Morgan fingerprint density at radius 1 is 1.52 bits per heavy atom. The second kappa shape index (κ2) is 6.22. The zero-order valence-corrected chi connectivity index (χ0v) is 13.6. The molecule has 112 valence electrons. The summed E-state index contributed by atoms with van der Waals surface area (Å²) >= 11 is 7.74. The number of aromatic nitrogens is 1. The zero-order valence-electron chi connectivity index (χ0n) is 12.0. The fourth-order valence-electron chi connectivity index (χ4n) is 2.46. The second-order valence-corrected chi connectivity index (χ2v) is 6.47. The lowest BCUT2D eigenvalue weighted by atomic mass is 10.2. The van der Waals surface area contributed by atoms with E-state index >= 15 is 0 Å². The minimum Gasteiger partial charge on any atom is -0.487 e. The molecular formula is C15H17ClN2O2S. The molecule has 4 nitrogen and oxygen atoms in total. The van der Waals surface area contributed by atoms with Gasteiger partial charge in [0, 0.05) is 17.5 Å². The predicted octanol–water partition coefficient (Wildman–Crippen LogP) is 3.73. The van der Waals surface area contributed by atoms with Gasteiger partial charge in [-0.05, 0) is 25.1 Å². The van der Waals surface area contributed by atoms with E-state index < -0.39 is 0 Å². The number of thiazole rings is 1. The summed E-state index contributed by atoms with van der Waals surface area (Å²) < 4.78 is 11.0. The number of ether oxygens (including phenoxy) is 2. The number of benzene rings is 1. The van der Waals surface area contributed by atoms with Crippen LogP contribution in [0.1, 0.15) is 17.6 Å².